The molecule has 1 atom stereocenters. The molecule has 2 aromatic rings. The summed E-state index contributed by atoms with van der Waals surface area (Å²) in [5.74, 6) is 1.40. The summed E-state index contributed by atoms with van der Waals surface area (Å²) in [6, 6.07) is 8.85. The molecular weight excluding hydrogens is 249 g/mol. The molecule has 2 rings (SSSR count). The molecule has 1 unspecified atom stereocenters. The van der Waals surface area contributed by atoms with E-state index in [2.05, 4.69) is 0 Å². The Morgan fingerprint density at radius 3 is 2.83 bits per heavy atom. The molecule has 0 aliphatic heterocycles. The summed E-state index contributed by atoms with van der Waals surface area (Å²) >= 11 is 1.57. The number of nitrogens with two attached hydrogens (primary N) is 1. The monoisotopic (exact) mass is 265 g/mol. The molecule has 2 N–H and O–H groups in total. The van der Waals surface area contributed by atoms with Crippen LogP contribution < -0.4 is 5.73 Å². The first-order valence-corrected chi connectivity index (χ1v) is 6.83. The summed E-state index contributed by atoms with van der Waals surface area (Å²) in [5.41, 5.74) is 6.46. The Kier molecular flexibility index (Phi) is 4.44. The number of thioether (sulfide) groups is 1. The third-order valence-electron chi connectivity index (χ3n) is 2.55. The molecule has 0 radical (unpaired) electrons. The smallest absolute Gasteiger partial charge is 0.127 e. The summed E-state index contributed by atoms with van der Waals surface area (Å²) in [7, 11) is 0. The van der Waals surface area contributed by atoms with Crippen LogP contribution in [0.5, 0.6) is 0 Å². The molecule has 0 bridgehead atoms. The average molecular weight is 265 g/mol. The molecule has 1 aromatic carbocycles. The van der Waals surface area contributed by atoms with Crippen molar-refractivity contribution in [3.8, 4) is 0 Å². The van der Waals surface area contributed by atoms with Crippen LogP contribution in [0.1, 0.15) is 18.2 Å². The Hall–Kier alpha value is -1.26. The van der Waals surface area contributed by atoms with Crippen LogP contribution in [0.3, 0.4) is 0 Å². The Morgan fingerprint density at radius 2 is 2.17 bits per heavy atom. The summed E-state index contributed by atoms with van der Waals surface area (Å²) in [5, 5.41) is 0. The lowest BCUT2D eigenvalue weighted by molar-refractivity contribution is 0.530. The maximum Gasteiger partial charge on any atom is 0.127 e. The van der Waals surface area contributed by atoms with Crippen molar-refractivity contribution in [2.75, 3.05) is 0 Å². The van der Waals surface area contributed by atoms with Crippen molar-refractivity contribution in [1.82, 2.24) is 0 Å². The fourth-order valence-electron chi connectivity index (χ4n) is 1.74. The zero-order valence-electron chi connectivity index (χ0n) is 10.2. The number of hydrogen-bond donors (Lipinski definition) is 1. The van der Waals surface area contributed by atoms with Crippen LogP contribution >= 0.6 is 11.8 Å². The highest BCUT2D eigenvalue weighted by Crippen LogP contribution is 2.28. The average Bonchev–Trinajstić information content (AvgIpc) is 2.82. The van der Waals surface area contributed by atoms with Crippen LogP contribution in [0.4, 0.5) is 4.39 Å². The second-order valence-electron chi connectivity index (χ2n) is 4.27. The first kappa shape index (κ1) is 13.2. The van der Waals surface area contributed by atoms with Crippen LogP contribution in [0.2, 0.25) is 0 Å². The topological polar surface area (TPSA) is 39.2 Å². The molecule has 18 heavy (non-hydrogen) atoms. The van der Waals surface area contributed by atoms with E-state index in [1.54, 1.807) is 24.1 Å². The number of furan rings is 1. The van der Waals surface area contributed by atoms with Gasteiger partial charge in [0, 0.05) is 16.5 Å². The molecule has 4 heteroatoms. The second kappa shape index (κ2) is 6.07. The minimum atomic E-state index is -0.184. The van der Waals surface area contributed by atoms with Gasteiger partial charge in [-0.15, -0.1) is 11.8 Å². The van der Waals surface area contributed by atoms with Crippen molar-refractivity contribution in [3.05, 3.63) is 53.7 Å². The largest absolute Gasteiger partial charge is 0.468 e. The van der Waals surface area contributed by atoms with Gasteiger partial charge in [-0.05, 0) is 37.6 Å². The van der Waals surface area contributed by atoms with Crippen molar-refractivity contribution in [2.45, 2.75) is 30.0 Å². The van der Waals surface area contributed by atoms with Gasteiger partial charge in [-0.3, -0.25) is 0 Å². The lowest BCUT2D eigenvalue weighted by Gasteiger charge is -2.11. The molecule has 1 heterocycles. The molecule has 0 saturated heterocycles. The van der Waals surface area contributed by atoms with Gasteiger partial charge in [0.05, 0.1) is 12.0 Å². The van der Waals surface area contributed by atoms with E-state index in [1.165, 1.54) is 6.07 Å². The molecule has 96 valence electrons. The maximum absolute atomic E-state index is 13.8. The van der Waals surface area contributed by atoms with Crippen molar-refractivity contribution < 1.29 is 8.81 Å². The van der Waals surface area contributed by atoms with E-state index in [4.69, 9.17) is 10.2 Å². The number of rotatable bonds is 5. The molecule has 1 aromatic heterocycles. The molecule has 0 amide bonds. The van der Waals surface area contributed by atoms with E-state index in [0.717, 1.165) is 10.7 Å². The van der Waals surface area contributed by atoms with Gasteiger partial charge in [0.15, 0.2) is 0 Å². The molecule has 0 spiro atoms. The fraction of sp³-hybridized carbons (Fsp3) is 0.286. The SMILES string of the molecule is CC(N)Cc1c(F)cccc1SCc1ccco1. The molecule has 0 aliphatic rings. The summed E-state index contributed by atoms with van der Waals surface area (Å²) in [6.07, 6.45) is 2.19. The molecule has 0 fully saturated rings. The van der Waals surface area contributed by atoms with E-state index in [0.29, 0.717) is 17.7 Å². The van der Waals surface area contributed by atoms with E-state index in [1.807, 2.05) is 25.1 Å². The first-order chi connectivity index (χ1) is 8.66. The van der Waals surface area contributed by atoms with Gasteiger partial charge < -0.3 is 10.2 Å². The van der Waals surface area contributed by atoms with Crippen LogP contribution in [0.15, 0.2) is 45.9 Å². The fourth-order valence-corrected chi connectivity index (χ4v) is 2.73. The van der Waals surface area contributed by atoms with Crippen molar-refractivity contribution in [3.63, 3.8) is 0 Å². The van der Waals surface area contributed by atoms with Gasteiger partial charge in [0.25, 0.3) is 0 Å². The van der Waals surface area contributed by atoms with Crippen molar-refractivity contribution in [2.24, 2.45) is 5.73 Å². The van der Waals surface area contributed by atoms with E-state index < -0.39 is 0 Å². The van der Waals surface area contributed by atoms with E-state index in [9.17, 15) is 4.39 Å². The number of halogens is 1. The Bertz CT molecular complexity index is 497. The van der Waals surface area contributed by atoms with Crippen LogP contribution in [-0.4, -0.2) is 6.04 Å². The van der Waals surface area contributed by atoms with Crippen LogP contribution in [0.25, 0.3) is 0 Å². The van der Waals surface area contributed by atoms with Gasteiger partial charge in [-0.1, -0.05) is 6.07 Å². The van der Waals surface area contributed by atoms with Gasteiger partial charge in [0.2, 0.25) is 0 Å². The molecule has 0 saturated carbocycles. The predicted octanol–water partition coefficient (Wildman–Crippen LogP) is 3.60. The molecule has 0 aliphatic carbocycles. The Morgan fingerprint density at radius 1 is 1.33 bits per heavy atom. The van der Waals surface area contributed by atoms with Gasteiger partial charge in [-0.25, -0.2) is 4.39 Å². The third kappa shape index (κ3) is 3.37. The standard InChI is InChI=1S/C14H16FNOS/c1-10(16)8-12-13(15)5-2-6-14(12)18-9-11-4-3-7-17-11/h2-7,10H,8-9,16H2,1H3. The summed E-state index contributed by atoms with van der Waals surface area (Å²) in [4.78, 5) is 0.934. The van der Waals surface area contributed by atoms with Crippen LogP contribution in [-0.2, 0) is 12.2 Å². The van der Waals surface area contributed by atoms with Gasteiger partial charge in [0.1, 0.15) is 11.6 Å². The normalized spacial score (nSPS) is 12.6. The quantitative estimate of drug-likeness (QED) is 0.839. The first-order valence-electron chi connectivity index (χ1n) is 5.85. The minimum Gasteiger partial charge on any atom is -0.468 e. The Labute approximate surface area is 110 Å². The van der Waals surface area contributed by atoms with Crippen molar-refractivity contribution in [1.29, 1.82) is 0 Å². The van der Waals surface area contributed by atoms with E-state index >= 15 is 0 Å². The lowest BCUT2D eigenvalue weighted by atomic mass is 10.1. The summed E-state index contributed by atoms with van der Waals surface area (Å²) < 4.78 is 19.1. The highest BCUT2D eigenvalue weighted by atomic mass is 32.2. The van der Waals surface area contributed by atoms with Crippen LogP contribution in [0, 0.1) is 5.82 Å². The lowest BCUT2D eigenvalue weighted by Crippen LogP contribution is -2.19. The van der Waals surface area contributed by atoms with Gasteiger partial charge in [-0.2, -0.15) is 0 Å². The van der Waals surface area contributed by atoms with Crippen molar-refractivity contribution >= 4 is 11.8 Å². The highest BCUT2D eigenvalue weighted by molar-refractivity contribution is 7.98. The van der Waals surface area contributed by atoms with E-state index in [-0.39, 0.29) is 11.9 Å². The van der Waals surface area contributed by atoms with Gasteiger partial charge >= 0.3 is 0 Å². The minimum absolute atomic E-state index is 0.0511. The second-order valence-corrected chi connectivity index (χ2v) is 5.28. The number of hydrogen-bond acceptors (Lipinski definition) is 3. The Balaban J connectivity index is 2.13. The zero-order valence-corrected chi connectivity index (χ0v) is 11.0. The zero-order chi connectivity index (χ0) is 13.0. The maximum atomic E-state index is 13.8. The summed E-state index contributed by atoms with van der Waals surface area (Å²) in [6.45, 7) is 1.88. The molecular formula is C14H16FNOS. The molecule has 2 nitrogen and oxygen atoms in total. The highest BCUT2D eigenvalue weighted by Gasteiger charge is 2.11. The third-order valence-corrected chi connectivity index (χ3v) is 3.67. The number of benzene rings is 1. The predicted molar refractivity (Wildman–Crippen MR) is 72.0 cm³/mol.